The number of aromatic nitrogens is 3. The number of imidazole rings is 1. The number of hydrogen-bond donors (Lipinski definition) is 0. The molecule has 3 aromatic heterocycles. The molecule has 39 heavy (non-hydrogen) atoms. The van der Waals surface area contributed by atoms with Crippen LogP contribution in [0.2, 0.25) is 0 Å². The van der Waals surface area contributed by atoms with Gasteiger partial charge in [-0.15, -0.1) is 0 Å². The first-order valence-corrected chi connectivity index (χ1v) is 14.9. The van der Waals surface area contributed by atoms with Gasteiger partial charge in [-0.2, -0.15) is 0 Å². The zero-order valence-corrected chi connectivity index (χ0v) is 22.7. The van der Waals surface area contributed by atoms with Gasteiger partial charge in [0.2, 0.25) is 0 Å². The molecule has 0 fully saturated rings. The topological polar surface area (TPSA) is 22.2 Å². The summed E-state index contributed by atoms with van der Waals surface area (Å²) in [4.78, 5) is 7.36. The van der Waals surface area contributed by atoms with Crippen molar-refractivity contribution >= 4 is 40.8 Å². The van der Waals surface area contributed by atoms with Crippen LogP contribution < -0.4 is 0 Å². The summed E-state index contributed by atoms with van der Waals surface area (Å²) in [5, 5.41) is 2.55. The second-order valence-electron chi connectivity index (χ2n) is 9.72. The molecule has 0 saturated carbocycles. The Hall–Kier alpha value is -4.63. The maximum atomic E-state index is 5.12. The summed E-state index contributed by atoms with van der Waals surface area (Å²) >= 11 is 0.250. The van der Waals surface area contributed by atoms with E-state index < -0.39 is 0 Å². The van der Waals surface area contributed by atoms with Crippen LogP contribution in [0.4, 0.5) is 0 Å². The molecule has 3 heterocycles. The van der Waals surface area contributed by atoms with Gasteiger partial charge in [0.1, 0.15) is 0 Å². The molecule has 0 aliphatic carbocycles. The van der Waals surface area contributed by atoms with Gasteiger partial charge in [-0.1, -0.05) is 0 Å². The summed E-state index contributed by atoms with van der Waals surface area (Å²) in [5.41, 5.74) is 10.6. The van der Waals surface area contributed by atoms with Crippen molar-refractivity contribution in [1.29, 1.82) is 0 Å². The van der Waals surface area contributed by atoms with E-state index in [9.17, 15) is 0 Å². The van der Waals surface area contributed by atoms with E-state index in [-0.39, 0.29) is 14.5 Å². The summed E-state index contributed by atoms with van der Waals surface area (Å²) in [5.74, 6) is 0. The van der Waals surface area contributed by atoms with Crippen molar-refractivity contribution in [3.63, 3.8) is 0 Å². The minimum absolute atomic E-state index is 0.250. The van der Waals surface area contributed by atoms with Gasteiger partial charge >= 0.3 is 233 Å². The summed E-state index contributed by atoms with van der Waals surface area (Å²) < 4.78 is 5.78. The van der Waals surface area contributed by atoms with Gasteiger partial charge in [0, 0.05) is 0 Å². The molecular formula is C35H23N3Se. The SMILES string of the molecule is c1ccc(-c2ccc(-c3nc4[se]ccn4c3-c3ccc(-n4c5ccccc5c5ccccc54)cc3)cc2)cc1. The number of benzene rings is 5. The Morgan fingerprint density at radius 1 is 0.513 bits per heavy atom. The third-order valence-corrected chi connectivity index (χ3v) is 9.09. The van der Waals surface area contributed by atoms with Crippen LogP contribution in [0.25, 0.3) is 65.7 Å². The number of hydrogen-bond acceptors (Lipinski definition) is 1. The van der Waals surface area contributed by atoms with E-state index in [2.05, 4.69) is 147 Å². The Balaban J connectivity index is 1.24. The van der Waals surface area contributed by atoms with Crippen molar-refractivity contribution in [1.82, 2.24) is 14.0 Å². The van der Waals surface area contributed by atoms with Crippen molar-refractivity contribution in [3.05, 3.63) is 139 Å². The predicted molar refractivity (Wildman–Crippen MR) is 163 cm³/mol. The first-order valence-electron chi connectivity index (χ1n) is 13.1. The number of fused-ring (bicyclic) bond motifs is 4. The van der Waals surface area contributed by atoms with Crippen LogP contribution in [0.1, 0.15) is 0 Å². The van der Waals surface area contributed by atoms with Crippen LogP contribution in [0.5, 0.6) is 0 Å². The number of para-hydroxylation sites is 2. The van der Waals surface area contributed by atoms with Gasteiger partial charge in [0.25, 0.3) is 0 Å². The van der Waals surface area contributed by atoms with Gasteiger partial charge in [-0.3, -0.25) is 0 Å². The standard InChI is InChI=1S/C35H23N3Se/c1-2-8-24(9-3-1)25-14-16-26(17-15-25)33-34(37-22-23-39-35(37)36-33)27-18-20-28(21-19-27)38-31-12-6-4-10-29(31)30-11-5-7-13-32(30)38/h1-23H. The average Bonchev–Trinajstić information content (AvgIpc) is 3.70. The summed E-state index contributed by atoms with van der Waals surface area (Å²) in [6.45, 7) is 0. The van der Waals surface area contributed by atoms with Crippen LogP contribution in [0, 0.1) is 0 Å². The predicted octanol–water partition coefficient (Wildman–Crippen LogP) is 8.49. The van der Waals surface area contributed by atoms with E-state index in [1.807, 2.05) is 0 Å². The molecular weight excluding hydrogens is 541 g/mol. The zero-order valence-electron chi connectivity index (χ0n) is 21.0. The molecule has 0 unspecified atom stereocenters. The molecule has 0 aliphatic heterocycles. The molecule has 5 aromatic carbocycles. The minimum atomic E-state index is 0.250. The quantitative estimate of drug-likeness (QED) is 0.197. The van der Waals surface area contributed by atoms with E-state index in [0.29, 0.717) is 0 Å². The summed E-state index contributed by atoms with van der Waals surface area (Å²) in [6.07, 6.45) is 2.18. The van der Waals surface area contributed by atoms with Crippen LogP contribution in [0.15, 0.2) is 139 Å². The first kappa shape index (κ1) is 22.4. The molecule has 0 aliphatic rings. The normalized spacial score (nSPS) is 11.6. The molecule has 3 nitrogen and oxygen atoms in total. The Morgan fingerprint density at radius 2 is 1.08 bits per heavy atom. The van der Waals surface area contributed by atoms with E-state index >= 15 is 0 Å². The van der Waals surface area contributed by atoms with E-state index in [1.165, 1.54) is 38.5 Å². The molecule has 8 rings (SSSR count). The third-order valence-electron chi connectivity index (χ3n) is 7.51. The van der Waals surface area contributed by atoms with Crippen molar-refractivity contribution < 1.29 is 0 Å². The fourth-order valence-electron chi connectivity index (χ4n) is 5.68. The zero-order chi connectivity index (χ0) is 25.8. The fraction of sp³-hybridized carbons (Fsp3) is 0. The molecule has 0 N–H and O–H groups in total. The number of rotatable bonds is 4. The van der Waals surface area contributed by atoms with E-state index in [1.54, 1.807) is 0 Å². The molecule has 184 valence electrons. The molecule has 0 saturated heterocycles. The van der Waals surface area contributed by atoms with Crippen LogP contribution in [-0.4, -0.2) is 28.5 Å². The Morgan fingerprint density at radius 3 is 1.77 bits per heavy atom. The number of nitrogens with zero attached hydrogens (tertiary/aromatic N) is 3. The molecule has 0 bridgehead atoms. The average molecular weight is 565 g/mol. The van der Waals surface area contributed by atoms with E-state index in [4.69, 9.17) is 4.98 Å². The van der Waals surface area contributed by atoms with Crippen molar-refractivity contribution in [2.45, 2.75) is 0 Å². The molecule has 4 heteroatoms. The van der Waals surface area contributed by atoms with Gasteiger partial charge in [0.15, 0.2) is 0 Å². The molecule has 0 atom stereocenters. The maximum absolute atomic E-state index is 5.12. The second kappa shape index (κ2) is 8.99. The fourth-order valence-corrected chi connectivity index (χ4v) is 7.18. The Labute approximate surface area is 232 Å². The van der Waals surface area contributed by atoms with Gasteiger partial charge < -0.3 is 0 Å². The Bertz CT molecular complexity index is 2040. The van der Waals surface area contributed by atoms with Crippen LogP contribution >= 0.6 is 0 Å². The molecule has 0 amide bonds. The third kappa shape index (κ3) is 3.61. The van der Waals surface area contributed by atoms with Crippen LogP contribution in [-0.2, 0) is 0 Å². The van der Waals surface area contributed by atoms with Crippen molar-refractivity contribution in [2.75, 3.05) is 0 Å². The second-order valence-corrected chi connectivity index (χ2v) is 11.6. The van der Waals surface area contributed by atoms with Gasteiger partial charge in [-0.25, -0.2) is 0 Å². The van der Waals surface area contributed by atoms with Crippen molar-refractivity contribution in [2.24, 2.45) is 0 Å². The molecule has 8 aromatic rings. The van der Waals surface area contributed by atoms with Gasteiger partial charge in [-0.05, 0) is 0 Å². The summed E-state index contributed by atoms with van der Waals surface area (Å²) in [7, 11) is 0. The monoisotopic (exact) mass is 565 g/mol. The summed E-state index contributed by atoms with van der Waals surface area (Å²) in [6, 6.07) is 45.6. The van der Waals surface area contributed by atoms with Crippen LogP contribution in [0.3, 0.4) is 0 Å². The molecule has 0 spiro atoms. The first-order chi connectivity index (χ1) is 19.3. The Kier molecular flexibility index (Phi) is 5.15. The van der Waals surface area contributed by atoms with Crippen molar-refractivity contribution in [3.8, 4) is 39.3 Å². The van der Waals surface area contributed by atoms with Gasteiger partial charge in [0.05, 0.1) is 0 Å². The van der Waals surface area contributed by atoms with E-state index in [0.717, 1.165) is 27.2 Å². The molecule has 0 radical (unpaired) electrons.